The summed E-state index contributed by atoms with van der Waals surface area (Å²) in [5, 5.41) is 11.7. The lowest BCUT2D eigenvalue weighted by molar-refractivity contribution is 0.0928. The lowest BCUT2D eigenvalue weighted by Crippen LogP contribution is -2.35. The van der Waals surface area contributed by atoms with Crippen LogP contribution in [-0.2, 0) is 0 Å². The molecule has 0 fully saturated rings. The summed E-state index contributed by atoms with van der Waals surface area (Å²) in [5.41, 5.74) is 9.26. The van der Waals surface area contributed by atoms with Crippen molar-refractivity contribution in [2.24, 2.45) is 11.3 Å². The summed E-state index contributed by atoms with van der Waals surface area (Å²) in [6.07, 6.45) is 12.5. The fourth-order valence-corrected chi connectivity index (χ4v) is 6.23. The van der Waals surface area contributed by atoms with Crippen molar-refractivity contribution in [1.82, 2.24) is 0 Å². The summed E-state index contributed by atoms with van der Waals surface area (Å²) in [6.45, 7) is 9.12. The third-order valence-electron chi connectivity index (χ3n) is 7.52. The van der Waals surface area contributed by atoms with Gasteiger partial charge in [0, 0.05) is 11.3 Å². The molecule has 0 heterocycles. The minimum absolute atomic E-state index is 0.00516. The van der Waals surface area contributed by atoms with E-state index in [-0.39, 0.29) is 11.3 Å². The normalized spacial score (nSPS) is 20.5. The van der Waals surface area contributed by atoms with Gasteiger partial charge in [-0.2, -0.15) is 0 Å². The van der Waals surface area contributed by atoms with E-state index in [4.69, 9.17) is 0 Å². The summed E-state index contributed by atoms with van der Waals surface area (Å²) >= 11 is 0. The first-order valence-electron chi connectivity index (χ1n) is 12.3. The molecule has 1 N–H and O–H groups in total. The number of hydrogen-bond acceptors (Lipinski definition) is 1. The maximum Gasteiger partial charge on any atom is 0.0867 e. The van der Waals surface area contributed by atoms with Gasteiger partial charge in [0.1, 0.15) is 0 Å². The Morgan fingerprint density at radius 1 is 0.719 bits per heavy atom. The number of aliphatic hydroxyl groups excluding tert-OH is 1. The highest BCUT2D eigenvalue weighted by atomic mass is 16.3. The summed E-state index contributed by atoms with van der Waals surface area (Å²) in [4.78, 5) is 0. The van der Waals surface area contributed by atoms with Crippen molar-refractivity contribution in [1.29, 1.82) is 0 Å². The second-order valence-corrected chi connectivity index (χ2v) is 8.90. The van der Waals surface area contributed by atoms with Gasteiger partial charge in [-0.15, -0.1) is 0 Å². The van der Waals surface area contributed by atoms with E-state index in [9.17, 15) is 5.11 Å². The molecule has 1 spiro atoms. The van der Waals surface area contributed by atoms with Crippen LogP contribution in [0.1, 0.15) is 65.0 Å². The standard InChI is InChI=1S/C31H36O/c1-5-25-26(6-2)28(8-4)31(27(25)7-3)21-13-12-16-29(31)30(32)24-19-17-23(18-20-24)22-14-10-9-11-15-22/h9-21,29-30,32H,5-8H2,1-4H3. The zero-order valence-corrected chi connectivity index (χ0v) is 19.9. The molecule has 166 valence electrons. The van der Waals surface area contributed by atoms with E-state index in [0.717, 1.165) is 31.2 Å². The number of benzene rings is 2. The predicted molar refractivity (Wildman–Crippen MR) is 136 cm³/mol. The zero-order valence-electron chi connectivity index (χ0n) is 19.9. The first-order valence-corrected chi connectivity index (χ1v) is 12.3. The highest BCUT2D eigenvalue weighted by Gasteiger charge is 2.50. The molecule has 2 aromatic carbocycles. The van der Waals surface area contributed by atoms with Crippen LogP contribution in [0.25, 0.3) is 11.1 Å². The average molecular weight is 425 g/mol. The van der Waals surface area contributed by atoms with E-state index in [1.165, 1.54) is 33.4 Å². The van der Waals surface area contributed by atoms with Crippen LogP contribution in [0, 0.1) is 11.3 Å². The van der Waals surface area contributed by atoms with E-state index in [0.29, 0.717) is 0 Å². The Kier molecular flexibility index (Phi) is 6.67. The molecular formula is C31H36O. The summed E-state index contributed by atoms with van der Waals surface area (Å²) in [5.74, 6) is 0.00516. The molecule has 2 unspecified atom stereocenters. The average Bonchev–Trinajstić information content (AvgIpc) is 3.12. The number of rotatable bonds is 7. The van der Waals surface area contributed by atoms with E-state index in [1.807, 2.05) is 6.07 Å². The van der Waals surface area contributed by atoms with Crippen molar-refractivity contribution < 1.29 is 5.11 Å². The minimum atomic E-state index is -0.557. The summed E-state index contributed by atoms with van der Waals surface area (Å²) < 4.78 is 0. The molecule has 2 aliphatic carbocycles. The second-order valence-electron chi connectivity index (χ2n) is 8.90. The Labute approximate surface area is 193 Å². The van der Waals surface area contributed by atoms with Crippen molar-refractivity contribution in [3.63, 3.8) is 0 Å². The minimum Gasteiger partial charge on any atom is -0.388 e. The number of hydrogen-bond donors (Lipinski definition) is 1. The molecule has 1 heteroatoms. The van der Waals surface area contributed by atoms with Crippen LogP contribution in [-0.4, -0.2) is 5.11 Å². The van der Waals surface area contributed by atoms with Gasteiger partial charge >= 0.3 is 0 Å². The number of aliphatic hydroxyl groups is 1. The molecular weight excluding hydrogens is 388 g/mol. The van der Waals surface area contributed by atoms with Crippen LogP contribution < -0.4 is 0 Å². The molecule has 2 atom stereocenters. The van der Waals surface area contributed by atoms with Crippen LogP contribution >= 0.6 is 0 Å². The fourth-order valence-electron chi connectivity index (χ4n) is 6.23. The van der Waals surface area contributed by atoms with Gasteiger partial charge in [0.05, 0.1) is 6.10 Å². The Balaban J connectivity index is 1.77. The van der Waals surface area contributed by atoms with E-state index < -0.39 is 6.10 Å². The van der Waals surface area contributed by atoms with Crippen molar-refractivity contribution in [2.75, 3.05) is 0 Å². The zero-order chi connectivity index (χ0) is 22.7. The molecule has 0 saturated heterocycles. The summed E-state index contributed by atoms with van der Waals surface area (Å²) in [7, 11) is 0. The Morgan fingerprint density at radius 2 is 1.28 bits per heavy atom. The third-order valence-corrected chi connectivity index (χ3v) is 7.52. The topological polar surface area (TPSA) is 20.2 Å². The molecule has 0 amide bonds. The van der Waals surface area contributed by atoms with Gasteiger partial charge in [0.2, 0.25) is 0 Å². The Hall–Kier alpha value is -2.64. The van der Waals surface area contributed by atoms with E-state index >= 15 is 0 Å². The van der Waals surface area contributed by atoms with E-state index in [1.54, 1.807) is 0 Å². The van der Waals surface area contributed by atoms with Gasteiger partial charge in [0.15, 0.2) is 0 Å². The molecule has 0 aromatic heterocycles. The molecule has 0 bridgehead atoms. The van der Waals surface area contributed by atoms with Gasteiger partial charge in [-0.3, -0.25) is 0 Å². The monoisotopic (exact) mass is 424 g/mol. The first kappa shape index (κ1) is 22.6. The lowest BCUT2D eigenvalue weighted by atomic mass is 9.61. The molecule has 0 aliphatic heterocycles. The molecule has 0 saturated carbocycles. The Morgan fingerprint density at radius 3 is 1.81 bits per heavy atom. The second kappa shape index (κ2) is 9.46. The van der Waals surface area contributed by atoms with Crippen molar-refractivity contribution in [2.45, 2.75) is 59.5 Å². The third kappa shape index (κ3) is 3.53. The van der Waals surface area contributed by atoms with Gasteiger partial charge in [-0.05, 0) is 53.5 Å². The van der Waals surface area contributed by atoms with Gasteiger partial charge in [-0.1, -0.05) is 118 Å². The smallest absolute Gasteiger partial charge is 0.0867 e. The Bertz CT molecular complexity index is 1040. The SMILES string of the molecule is CCC1=C(CC)C2(C=CC=CC2C(O)c2ccc(-c3ccccc3)cc2)C(CC)=C1CC. The predicted octanol–water partition coefficient (Wildman–Crippen LogP) is 8.36. The van der Waals surface area contributed by atoms with Crippen molar-refractivity contribution in [3.8, 4) is 11.1 Å². The van der Waals surface area contributed by atoms with Crippen LogP contribution in [0.3, 0.4) is 0 Å². The molecule has 4 rings (SSSR count). The molecule has 0 radical (unpaired) electrons. The van der Waals surface area contributed by atoms with Gasteiger partial charge in [-0.25, -0.2) is 0 Å². The van der Waals surface area contributed by atoms with Crippen LogP contribution in [0.15, 0.2) is 101 Å². The van der Waals surface area contributed by atoms with Crippen molar-refractivity contribution >= 4 is 0 Å². The van der Waals surface area contributed by atoms with Gasteiger partial charge < -0.3 is 5.11 Å². The molecule has 1 nitrogen and oxygen atoms in total. The fraction of sp³-hybridized carbons (Fsp3) is 0.355. The van der Waals surface area contributed by atoms with Crippen LogP contribution in [0.4, 0.5) is 0 Å². The van der Waals surface area contributed by atoms with Crippen LogP contribution in [0.2, 0.25) is 0 Å². The maximum absolute atomic E-state index is 11.7. The molecule has 2 aromatic rings. The molecule has 32 heavy (non-hydrogen) atoms. The lowest BCUT2D eigenvalue weighted by Gasteiger charge is -2.43. The highest BCUT2D eigenvalue weighted by molar-refractivity contribution is 5.64. The highest BCUT2D eigenvalue weighted by Crippen LogP contribution is 2.60. The first-order chi connectivity index (χ1) is 15.6. The van der Waals surface area contributed by atoms with Crippen molar-refractivity contribution in [3.05, 3.63) is 107 Å². The van der Waals surface area contributed by atoms with E-state index in [2.05, 4.69) is 101 Å². The summed E-state index contributed by atoms with van der Waals surface area (Å²) in [6, 6.07) is 18.9. The van der Waals surface area contributed by atoms with Gasteiger partial charge in [0.25, 0.3) is 0 Å². The van der Waals surface area contributed by atoms with Crippen LogP contribution in [0.5, 0.6) is 0 Å². The molecule has 2 aliphatic rings. The largest absolute Gasteiger partial charge is 0.388 e. The maximum atomic E-state index is 11.7. The quantitative estimate of drug-likeness (QED) is 0.473. The number of allylic oxidation sites excluding steroid dienone is 7.